The highest BCUT2D eigenvalue weighted by molar-refractivity contribution is 5.80. The van der Waals surface area contributed by atoms with Gasteiger partial charge >= 0.3 is 0 Å². The predicted molar refractivity (Wildman–Crippen MR) is 101 cm³/mol. The molecule has 0 aliphatic carbocycles. The number of piperazine rings is 1. The minimum atomic E-state index is -0.917. The Morgan fingerprint density at radius 1 is 1.21 bits per heavy atom. The molecule has 28 heavy (non-hydrogen) atoms. The van der Waals surface area contributed by atoms with E-state index >= 15 is 0 Å². The van der Waals surface area contributed by atoms with Crippen LogP contribution in [0.25, 0.3) is 0 Å². The Labute approximate surface area is 163 Å². The van der Waals surface area contributed by atoms with Crippen LogP contribution in [0.15, 0.2) is 33.8 Å². The summed E-state index contributed by atoms with van der Waals surface area (Å²) in [4.78, 5) is 8.82. The van der Waals surface area contributed by atoms with Gasteiger partial charge in [0.2, 0.25) is 0 Å². The summed E-state index contributed by atoms with van der Waals surface area (Å²) < 4.78 is 36.7. The molecule has 152 valence electrons. The first-order valence-corrected chi connectivity index (χ1v) is 9.23. The molecule has 1 N–H and O–H groups in total. The number of guanidine groups is 1. The molecule has 0 atom stereocenters. The predicted octanol–water partition coefficient (Wildman–Crippen LogP) is 2.03. The second kappa shape index (κ2) is 9.50. The van der Waals surface area contributed by atoms with Crippen LogP contribution in [0.5, 0.6) is 5.75 Å². The molecule has 1 fully saturated rings. The van der Waals surface area contributed by atoms with E-state index in [4.69, 9.17) is 9.26 Å². The molecule has 1 saturated heterocycles. The van der Waals surface area contributed by atoms with Crippen molar-refractivity contribution in [3.8, 4) is 5.75 Å². The number of rotatable bonds is 6. The lowest BCUT2D eigenvalue weighted by Gasteiger charge is -2.36. The van der Waals surface area contributed by atoms with E-state index in [2.05, 4.69) is 25.3 Å². The van der Waals surface area contributed by atoms with Crippen LogP contribution < -0.4 is 10.1 Å². The zero-order valence-corrected chi connectivity index (χ0v) is 16.1. The molecule has 1 aliphatic rings. The number of benzene rings is 1. The van der Waals surface area contributed by atoms with Crippen LogP contribution in [0.4, 0.5) is 8.78 Å². The number of hydrogen-bond donors (Lipinski definition) is 1. The van der Waals surface area contributed by atoms with Crippen molar-refractivity contribution in [2.24, 2.45) is 4.99 Å². The molecular weight excluding hydrogens is 368 g/mol. The van der Waals surface area contributed by atoms with Gasteiger partial charge in [-0.05, 0) is 19.1 Å². The molecule has 7 nitrogen and oxygen atoms in total. The van der Waals surface area contributed by atoms with Gasteiger partial charge in [-0.1, -0.05) is 5.16 Å². The van der Waals surface area contributed by atoms with Gasteiger partial charge in [-0.15, -0.1) is 0 Å². The quantitative estimate of drug-likeness (QED) is 0.460. The fourth-order valence-electron chi connectivity index (χ4n) is 3.07. The lowest BCUT2D eigenvalue weighted by atomic mass is 10.3. The van der Waals surface area contributed by atoms with Gasteiger partial charge in [0, 0.05) is 51.9 Å². The third-order valence-corrected chi connectivity index (χ3v) is 4.49. The molecule has 3 rings (SSSR count). The van der Waals surface area contributed by atoms with Crippen molar-refractivity contribution < 1.29 is 18.0 Å². The molecule has 2 aromatic rings. The summed E-state index contributed by atoms with van der Waals surface area (Å²) in [6.45, 7) is 6.98. The summed E-state index contributed by atoms with van der Waals surface area (Å²) in [5, 5.41) is 7.28. The Morgan fingerprint density at radius 2 is 2.00 bits per heavy atom. The van der Waals surface area contributed by atoms with Crippen LogP contribution >= 0.6 is 0 Å². The first-order valence-electron chi connectivity index (χ1n) is 9.23. The molecule has 1 aliphatic heterocycles. The Morgan fingerprint density at radius 3 is 2.64 bits per heavy atom. The van der Waals surface area contributed by atoms with Crippen molar-refractivity contribution in [2.75, 3.05) is 46.4 Å². The average Bonchev–Trinajstić information content (AvgIpc) is 3.10. The average molecular weight is 393 g/mol. The molecule has 0 radical (unpaired) electrons. The number of aromatic nitrogens is 1. The van der Waals surface area contributed by atoms with Gasteiger partial charge in [-0.25, -0.2) is 8.78 Å². The SMILES string of the molecule is CN=C(NCCOc1ccc(F)c(F)c1)N1CCN(Cc2cc(C)on2)CC1. The van der Waals surface area contributed by atoms with E-state index in [9.17, 15) is 8.78 Å². The highest BCUT2D eigenvalue weighted by Crippen LogP contribution is 2.15. The summed E-state index contributed by atoms with van der Waals surface area (Å²) in [6.07, 6.45) is 0. The molecule has 0 unspecified atom stereocenters. The summed E-state index contributed by atoms with van der Waals surface area (Å²) in [7, 11) is 1.74. The second-order valence-corrected chi connectivity index (χ2v) is 6.59. The number of ether oxygens (including phenoxy) is 1. The molecule has 0 amide bonds. The van der Waals surface area contributed by atoms with Gasteiger partial charge in [0.25, 0.3) is 0 Å². The van der Waals surface area contributed by atoms with E-state index in [0.717, 1.165) is 62.3 Å². The zero-order chi connectivity index (χ0) is 19.9. The summed E-state index contributed by atoms with van der Waals surface area (Å²) in [5.41, 5.74) is 0.947. The Bertz CT molecular complexity index is 803. The van der Waals surface area contributed by atoms with Crippen molar-refractivity contribution >= 4 is 5.96 Å². The van der Waals surface area contributed by atoms with Gasteiger partial charge in [-0.3, -0.25) is 9.89 Å². The van der Waals surface area contributed by atoms with Crippen LogP contribution in [0.3, 0.4) is 0 Å². The van der Waals surface area contributed by atoms with Gasteiger partial charge < -0.3 is 19.5 Å². The van der Waals surface area contributed by atoms with Crippen LogP contribution in [0, 0.1) is 18.6 Å². The minimum absolute atomic E-state index is 0.299. The Kier molecular flexibility index (Phi) is 6.80. The van der Waals surface area contributed by atoms with Crippen LogP contribution in [0.2, 0.25) is 0 Å². The van der Waals surface area contributed by atoms with Gasteiger partial charge in [0.05, 0.1) is 12.2 Å². The van der Waals surface area contributed by atoms with Crippen LogP contribution in [-0.4, -0.2) is 67.3 Å². The van der Waals surface area contributed by atoms with Crippen molar-refractivity contribution in [3.63, 3.8) is 0 Å². The zero-order valence-electron chi connectivity index (χ0n) is 16.1. The molecule has 9 heteroatoms. The number of nitrogens with zero attached hydrogens (tertiary/aromatic N) is 4. The largest absolute Gasteiger partial charge is 0.492 e. The van der Waals surface area contributed by atoms with E-state index in [1.807, 2.05) is 13.0 Å². The summed E-state index contributed by atoms with van der Waals surface area (Å²) in [5.74, 6) is 0.116. The first-order chi connectivity index (χ1) is 13.5. The van der Waals surface area contributed by atoms with E-state index < -0.39 is 11.6 Å². The third-order valence-electron chi connectivity index (χ3n) is 4.49. The Hall–Kier alpha value is -2.68. The molecule has 0 saturated carbocycles. The van der Waals surface area contributed by atoms with Crippen molar-refractivity contribution in [1.82, 2.24) is 20.3 Å². The Balaban J connectivity index is 1.39. The molecule has 2 heterocycles. The highest BCUT2D eigenvalue weighted by atomic mass is 19.2. The lowest BCUT2D eigenvalue weighted by Crippen LogP contribution is -2.52. The fourth-order valence-corrected chi connectivity index (χ4v) is 3.07. The molecular formula is C19H25F2N5O2. The lowest BCUT2D eigenvalue weighted by molar-refractivity contribution is 0.168. The van der Waals surface area contributed by atoms with E-state index in [1.54, 1.807) is 7.05 Å². The summed E-state index contributed by atoms with van der Waals surface area (Å²) in [6, 6.07) is 5.46. The maximum Gasteiger partial charge on any atom is 0.193 e. The highest BCUT2D eigenvalue weighted by Gasteiger charge is 2.20. The van der Waals surface area contributed by atoms with Crippen LogP contribution in [-0.2, 0) is 6.54 Å². The first kappa shape index (κ1) is 20.1. The third kappa shape index (κ3) is 5.41. The van der Waals surface area contributed by atoms with Gasteiger partial charge in [-0.2, -0.15) is 0 Å². The number of nitrogens with one attached hydrogen (secondary N) is 1. The maximum atomic E-state index is 13.2. The number of hydrogen-bond acceptors (Lipinski definition) is 5. The van der Waals surface area contributed by atoms with E-state index in [1.165, 1.54) is 6.07 Å². The second-order valence-electron chi connectivity index (χ2n) is 6.59. The van der Waals surface area contributed by atoms with Crippen molar-refractivity contribution in [2.45, 2.75) is 13.5 Å². The molecule has 1 aromatic carbocycles. The van der Waals surface area contributed by atoms with Crippen molar-refractivity contribution in [3.05, 3.63) is 47.4 Å². The normalized spacial score (nSPS) is 15.7. The number of aliphatic imine (C=N–C) groups is 1. The maximum absolute atomic E-state index is 13.2. The number of aryl methyl sites for hydroxylation is 1. The standard InChI is InChI=1S/C19H25F2N5O2/c1-14-11-15(24-28-14)13-25-6-8-26(9-7-25)19(22-2)23-5-10-27-16-3-4-17(20)18(21)12-16/h3-4,11-12H,5-10,13H2,1-2H3,(H,22,23). The topological polar surface area (TPSA) is 66.1 Å². The minimum Gasteiger partial charge on any atom is -0.492 e. The molecule has 0 spiro atoms. The molecule has 0 bridgehead atoms. The van der Waals surface area contributed by atoms with Gasteiger partial charge in [0.1, 0.15) is 18.1 Å². The summed E-state index contributed by atoms with van der Waals surface area (Å²) >= 11 is 0. The van der Waals surface area contributed by atoms with Crippen molar-refractivity contribution in [1.29, 1.82) is 0 Å². The fraction of sp³-hybridized carbons (Fsp3) is 0.474. The van der Waals surface area contributed by atoms with Gasteiger partial charge in [0.15, 0.2) is 17.6 Å². The molecule has 1 aromatic heterocycles. The smallest absolute Gasteiger partial charge is 0.193 e. The monoisotopic (exact) mass is 393 g/mol. The van der Waals surface area contributed by atoms with Crippen LogP contribution in [0.1, 0.15) is 11.5 Å². The van der Waals surface area contributed by atoms with E-state index in [0.29, 0.717) is 18.9 Å². The van der Waals surface area contributed by atoms with E-state index in [-0.39, 0.29) is 0 Å². The number of halogens is 2.